The molecule has 0 amide bonds. The van der Waals surface area contributed by atoms with Gasteiger partial charge in [-0.3, -0.25) is 4.79 Å². The lowest BCUT2D eigenvalue weighted by Gasteiger charge is -2.30. The number of carbonyl (C=O) groups is 1. The summed E-state index contributed by atoms with van der Waals surface area (Å²) in [6, 6.07) is 6.54. The molecule has 0 spiro atoms. The molecule has 0 saturated carbocycles. The molecule has 0 aromatic heterocycles. The van der Waals surface area contributed by atoms with E-state index in [2.05, 4.69) is 12.2 Å². The quantitative estimate of drug-likeness (QED) is 0.876. The molecule has 1 aromatic rings. The number of nitrogens with one attached hydrogen (secondary N) is 1. The Morgan fingerprint density at radius 3 is 3.05 bits per heavy atom. The number of rotatable bonds is 3. The lowest BCUT2D eigenvalue weighted by atomic mass is 10.1. The van der Waals surface area contributed by atoms with Gasteiger partial charge >= 0.3 is 5.97 Å². The molecular formula is C14H19FN2O2. The second-order valence-electron chi connectivity index (χ2n) is 5.02. The predicted molar refractivity (Wildman–Crippen MR) is 71.9 cm³/mol. The number of aliphatic carboxylic acids is 1. The molecular weight excluding hydrogens is 247 g/mol. The van der Waals surface area contributed by atoms with E-state index >= 15 is 0 Å². The zero-order chi connectivity index (χ0) is 13.8. The third kappa shape index (κ3) is 3.67. The van der Waals surface area contributed by atoms with Gasteiger partial charge in [-0.2, -0.15) is 0 Å². The van der Waals surface area contributed by atoms with Crippen LogP contribution in [0.15, 0.2) is 24.3 Å². The van der Waals surface area contributed by atoms with E-state index in [1.54, 1.807) is 6.07 Å². The lowest BCUT2D eigenvalue weighted by Crippen LogP contribution is -2.41. The van der Waals surface area contributed by atoms with E-state index in [1.807, 2.05) is 11.0 Å². The van der Waals surface area contributed by atoms with Gasteiger partial charge in [-0.05, 0) is 31.5 Å². The highest BCUT2D eigenvalue weighted by molar-refractivity contribution is 5.68. The van der Waals surface area contributed by atoms with Crippen molar-refractivity contribution >= 4 is 11.7 Å². The molecule has 1 aliphatic heterocycles. The van der Waals surface area contributed by atoms with Crippen LogP contribution in [-0.4, -0.2) is 36.2 Å². The molecule has 0 bridgehead atoms. The Morgan fingerprint density at radius 2 is 2.37 bits per heavy atom. The SMILES string of the molecule is CC1CCN(c2cccc(F)c2)C(CC(=O)O)CN1. The average Bonchev–Trinajstić information content (AvgIpc) is 2.52. The van der Waals surface area contributed by atoms with Crippen LogP contribution >= 0.6 is 0 Å². The van der Waals surface area contributed by atoms with Crippen molar-refractivity contribution in [3.63, 3.8) is 0 Å². The molecule has 2 rings (SSSR count). The zero-order valence-electron chi connectivity index (χ0n) is 11.0. The van der Waals surface area contributed by atoms with Crippen LogP contribution in [0.4, 0.5) is 10.1 Å². The van der Waals surface area contributed by atoms with Gasteiger partial charge in [0.25, 0.3) is 0 Å². The van der Waals surface area contributed by atoms with Crippen molar-refractivity contribution in [2.24, 2.45) is 0 Å². The summed E-state index contributed by atoms with van der Waals surface area (Å²) in [5.41, 5.74) is 0.752. The smallest absolute Gasteiger partial charge is 0.305 e. The molecule has 5 heteroatoms. The molecule has 1 aromatic carbocycles. The van der Waals surface area contributed by atoms with E-state index in [0.717, 1.165) is 18.7 Å². The third-order valence-electron chi connectivity index (χ3n) is 3.50. The number of hydrogen-bond acceptors (Lipinski definition) is 3. The van der Waals surface area contributed by atoms with Gasteiger partial charge in [0, 0.05) is 24.8 Å². The molecule has 1 saturated heterocycles. The fourth-order valence-corrected chi connectivity index (χ4v) is 2.44. The number of hydrogen-bond donors (Lipinski definition) is 2. The molecule has 2 N–H and O–H groups in total. The predicted octanol–water partition coefficient (Wildman–Crippen LogP) is 1.86. The Balaban J connectivity index is 2.23. The maximum atomic E-state index is 13.3. The number of halogens is 1. The summed E-state index contributed by atoms with van der Waals surface area (Å²) in [7, 11) is 0. The number of nitrogens with zero attached hydrogens (tertiary/aromatic N) is 1. The number of carboxylic acid groups (broad SMARTS) is 1. The molecule has 2 atom stereocenters. The van der Waals surface area contributed by atoms with Gasteiger partial charge in [0.05, 0.1) is 12.5 Å². The van der Waals surface area contributed by atoms with E-state index in [1.165, 1.54) is 12.1 Å². The van der Waals surface area contributed by atoms with Crippen LogP contribution in [0.3, 0.4) is 0 Å². The summed E-state index contributed by atoms with van der Waals surface area (Å²) < 4.78 is 13.3. The van der Waals surface area contributed by atoms with E-state index in [9.17, 15) is 9.18 Å². The van der Waals surface area contributed by atoms with Gasteiger partial charge in [-0.1, -0.05) is 6.07 Å². The van der Waals surface area contributed by atoms with Gasteiger partial charge in [0.2, 0.25) is 0 Å². The van der Waals surface area contributed by atoms with Crippen LogP contribution < -0.4 is 10.2 Å². The normalized spacial score (nSPS) is 24.0. The topological polar surface area (TPSA) is 52.6 Å². The molecule has 2 unspecified atom stereocenters. The molecule has 0 radical (unpaired) electrons. The van der Waals surface area contributed by atoms with Crippen LogP contribution in [0.25, 0.3) is 0 Å². The van der Waals surface area contributed by atoms with Crippen molar-refractivity contribution < 1.29 is 14.3 Å². The van der Waals surface area contributed by atoms with Crippen molar-refractivity contribution in [1.82, 2.24) is 5.32 Å². The Kier molecular flexibility index (Phi) is 4.37. The average molecular weight is 266 g/mol. The van der Waals surface area contributed by atoms with E-state index in [4.69, 9.17) is 5.11 Å². The number of benzene rings is 1. The fraction of sp³-hybridized carbons (Fsp3) is 0.500. The minimum atomic E-state index is -0.831. The van der Waals surface area contributed by atoms with Crippen molar-refractivity contribution in [2.75, 3.05) is 18.0 Å². The Morgan fingerprint density at radius 1 is 1.58 bits per heavy atom. The van der Waals surface area contributed by atoms with Crippen molar-refractivity contribution in [3.8, 4) is 0 Å². The Bertz CT molecular complexity index is 453. The van der Waals surface area contributed by atoms with Gasteiger partial charge in [0.1, 0.15) is 5.82 Å². The molecule has 1 heterocycles. The summed E-state index contributed by atoms with van der Waals surface area (Å²) in [6.45, 7) is 3.41. The maximum Gasteiger partial charge on any atom is 0.305 e. The van der Waals surface area contributed by atoms with Crippen LogP contribution in [0.1, 0.15) is 19.8 Å². The fourth-order valence-electron chi connectivity index (χ4n) is 2.44. The monoisotopic (exact) mass is 266 g/mol. The van der Waals surface area contributed by atoms with Crippen LogP contribution in [0, 0.1) is 5.82 Å². The van der Waals surface area contributed by atoms with Gasteiger partial charge in [0.15, 0.2) is 0 Å². The number of carboxylic acids is 1. The molecule has 19 heavy (non-hydrogen) atoms. The number of anilines is 1. The molecule has 1 aliphatic rings. The van der Waals surface area contributed by atoms with Gasteiger partial charge in [-0.25, -0.2) is 4.39 Å². The highest BCUT2D eigenvalue weighted by Crippen LogP contribution is 2.22. The molecule has 0 aliphatic carbocycles. The van der Waals surface area contributed by atoms with E-state index in [-0.39, 0.29) is 18.3 Å². The van der Waals surface area contributed by atoms with Crippen molar-refractivity contribution in [3.05, 3.63) is 30.1 Å². The second-order valence-corrected chi connectivity index (χ2v) is 5.02. The third-order valence-corrected chi connectivity index (χ3v) is 3.50. The van der Waals surface area contributed by atoms with Crippen molar-refractivity contribution in [1.29, 1.82) is 0 Å². The first-order valence-electron chi connectivity index (χ1n) is 6.53. The Labute approximate surface area is 112 Å². The van der Waals surface area contributed by atoms with Crippen LogP contribution in [0.2, 0.25) is 0 Å². The van der Waals surface area contributed by atoms with Gasteiger partial charge in [-0.15, -0.1) is 0 Å². The summed E-state index contributed by atoms with van der Waals surface area (Å²) in [5.74, 6) is -1.13. The highest BCUT2D eigenvalue weighted by atomic mass is 19.1. The van der Waals surface area contributed by atoms with Crippen LogP contribution in [0.5, 0.6) is 0 Å². The van der Waals surface area contributed by atoms with Gasteiger partial charge < -0.3 is 15.3 Å². The first-order chi connectivity index (χ1) is 9.06. The molecule has 4 nitrogen and oxygen atoms in total. The standard InChI is InChI=1S/C14H19FN2O2/c1-10-5-6-17(12-4-2-3-11(15)7-12)13(9-16-10)8-14(18)19/h2-4,7,10,13,16H,5-6,8-9H2,1H3,(H,18,19). The molecule has 1 fully saturated rings. The summed E-state index contributed by atoms with van der Waals surface area (Å²) in [6.07, 6.45) is 0.961. The summed E-state index contributed by atoms with van der Waals surface area (Å²) in [4.78, 5) is 13.0. The van der Waals surface area contributed by atoms with E-state index in [0.29, 0.717) is 12.6 Å². The Hall–Kier alpha value is -1.62. The summed E-state index contributed by atoms with van der Waals surface area (Å²) in [5, 5.41) is 12.3. The first kappa shape index (κ1) is 13.8. The summed E-state index contributed by atoms with van der Waals surface area (Å²) >= 11 is 0. The minimum absolute atomic E-state index is 0.0518. The van der Waals surface area contributed by atoms with E-state index < -0.39 is 5.97 Å². The first-order valence-corrected chi connectivity index (χ1v) is 6.53. The lowest BCUT2D eigenvalue weighted by molar-refractivity contribution is -0.137. The van der Waals surface area contributed by atoms with Crippen LogP contribution in [-0.2, 0) is 4.79 Å². The largest absolute Gasteiger partial charge is 0.481 e. The van der Waals surface area contributed by atoms with Crippen molar-refractivity contribution in [2.45, 2.75) is 31.8 Å². The maximum absolute atomic E-state index is 13.3. The second kappa shape index (κ2) is 6.02. The molecule has 104 valence electrons. The minimum Gasteiger partial charge on any atom is -0.481 e. The zero-order valence-corrected chi connectivity index (χ0v) is 11.0. The highest BCUT2D eigenvalue weighted by Gasteiger charge is 2.25.